The van der Waals surface area contributed by atoms with Crippen LogP contribution in [0.4, 0.5) is 0 Å². The SMILES string of the molecule is COc1cccc(CN2CCCC(C(=O)NC3CC3)C2)c1. The first-order chi connectivity index (χ1) is 10.2. The van der Waals surface area contributed by atoms with Crippen LogP contribution >= 0.6 is 0 Å². The molecule has 1 aromatic carbocycles. The second-order valence-corrected chi connectivity index (χ2v) is 6.21. The van der Waals surface area contributed by atoms with Gasteiger partial charge in [-0.1, -0.05) is 12.1 Å². The average Bonchev–Trinajstić information content (AvgIpc) is 3.31. The van der Waals surface area contributed by atoms with E-state index in [1.807, 2.05) is 12.1 Å². The number of hydrogen-bond donors (Lipinski definition) is 1. The second-order valence-electron chi connectivity index (χ2n) is 6.21. The van der Waals surface area contributed by atoms with Crippen molar-refractivity contribution >= 4 is 5.91 Å². The fourth-order valence-corrected chi connectivity index (χ4v) is 2.99. The summed E-state index contributed by atoms with van der Waals surface area (Å²) in [7, 11) is 1.69. The van der Waals surface area contributed by atoms with Crippen LogP contribution in [-0.4, -0.2) is 37.0 Å². The summed E-state index contributed by atoms with van der Waals surface area (Å²) >= 11 is 0. The van der Waals surface area contributed by atoms with Crippen molar-refractivity contribution in [1.82, 2.24) is 10.2 Å². The molecular formula is C17H24N2O2. The minimum atomic E-state index is 0.157. The maximum atomic E-state index is 12.2. The van der Waals surface area contributed by atoms with Gasteiger partial charge in [0.15, 0.2) is 0 Å². The van der Waals surface area contributed by atoms with E-state index in [-0.39, 0.29) is 11.8 Å². The molecule has 4 nitrogen and oxygen atoms in total. The van der Waals surface area contributed by atoms with Gasteiger partial charge in [-0.25, -0.2) is 0 Å². The van der Waals surface area contributed by atoms with Crippen molar-refractivity contribution in [2.24, 2.45) is 5.92 Å². The topological polar surface area (TPSA) is 41.6 Å². The molecule has 3 rings (SSSR count). The first-order valence-electron chi connectivity index (χ1n) is 7.90. The van der Waals surface area contributed by atoms with Crippen LogP contribution in [0.1, 0.15) is 31.2 Å². The smallest absolute Gasteiger partial charge is 0.224 e. The molecule has 2 aliphatic rings. The number of amides is 1. The Labute approximate surface area is 126 Å². The van der Waals surface area contributed by atoms with Gasteiger partial charge in [0.25, 0.3) is 0 Å². The number of hydrogen-bond acceptors (Lipinski definition) is 3. The first kappa shape index (κ1) is 14.4. The molecule has 0 aromatic heterocycles. The number of likely N-dealkylation sites (tertiary alicyclic amines) is 1. The zero-order chi connectivity index (χ0) is 14.7. The van der Waals surface area contributed by atoms with Crippen molar-refractivity contribution in [3.63, 3.8) is 0 Å². The number of rotatable bonds is 5. The Morgan fingerprint density at radius 1 is 1.38 bits per heavy atom. The molecule has 1 saturated heterocycles. The predicted octanol–water partition coefficient (Wildman–Crippen LogP) is 2.19. The van der Waals surface area contributed by atoms with Crippen LogP contribution in [0.15, 0.2) is 24.3 Å². The van der Waals surface area contributed by atoms with E-state index >= 15 is 0 Å². The highest BCUT2D eigenvalue weighted by Gasteiger charge is 2.30. The summed E-state index contributed by atoms with van der Waals surface area (Å²) in [5.41, 5.74) is 1.25. The number of nitrogens with zero attached hydrogens (tertiary/aromatic N) is 1. The summed E-state index contributed by atoms with van der Waals surface area (Å²) < 4.78 is 5.27. The van der Waals surface area contributed by atoms with Gasteiger partial charge in [0.1, 0.15) is 5.75 Å². The number of ether oxygens (including phenoxy) is 1. The lowest BCUT2D eigenvalue weighted by molar-refractivity contribution is -0.126. The van der Waals surface area contributed by atoms with Gasteiger partial charge >= 0.3 is 0 Å². The lowest BCUT2D eigenvalue weighted by atomic mass is 9.96. The average molecular weight is 288 g/mol. The van der Waals surface area contributed by atoms with Crippen molar-refractivity contribution in [1.29, 1.82) is 0 Å². The summed E-state index contributed by atoms with van der Waals surface area (Å²) in [6.45, 7) is 2.84. The molecule has 0 bridgehead atoms. The van der Waals surface area contributed by atoms with E-state index in [2.05, 4.69) is 22.3 Å². The van der Waals surface area contributed by atoms with E-state index in [9.17, 15) is 4.79 Å². The van der Waals surface area contributed by atoms with Crippen LogP contribution < -0.4 is 10.1 Å². The Hall–Kier alpha value is -1.55. The fourth-order valence-electron chi connectivity index (χ4n) is 2.99. The van der Waals surface area contributed by atoms with Crippen molar-refractivity contribution in [3.8, 4) is 5.75 Å². The molecule has 1 atom stereocenters. The predicted molar refractivity (Wildman–Crippen MR) is 82.2 cm³/mol. The van der Waals surface area contributed by atoms with Crippen molar-refractivity contribution < 1.29 is 9.53 Å². The summed E-state index contributed by atoms with van der Waals surface area (Å²) in [6.07, 6.45) is 4.44. The van der Waals surface area contributed by atoms with Gasteiger partial charge in [0, 0.05) is 19.1 Å². The molecule has 4 heteroatoms. The minimum Gasteiger partial charge on any atom is -0.497 e. The van der Waals surface area contributed by atoms with E-state index in [0.717, 1.165) is 51.1 Å². The van der Waals surface area contributed by atoms with E-state index in [1.54, 1.807) is 7.11 Å². The van der Waals surface area contributed by atoms with Crippen molar-refractivity contribution in [2.75, 3.05) is 20.2 Å². The lowest BCUT2D eigenvalue weighted by Crippen LogP contribution is -2.43. The Morgan fingerprint density at radius 2 is 2.24 bits per heavy atom. The van der Waals surface area contributed by atoms with Crippen LogP contribution in [0.2, 0.25) is 0 Å². The Bertz CT molecular complexity index is 499. The Balaban J connectivity index is 1.56. The lowest BCUT2D eigenvalue weighted by Gasteiger charge is -2.32. The summed E-state index contributed by atoms with van der Waals surface area (Å²) in [6, 6.07) is 8.65. The van der Waals surface area contributed by atoms with E-state index in [4.69, 9.17) is 4.74 Å². The Morgan fingerprint density at radius 3 is 3.00 bits per heavy atom. The summed E-state index contributed by atoms with van der Waals surface area (Å²) in [5, 5.41) is 3.14. The van der Waals surface area contributed by atoms with Gasteiger partial charge in [0.05, 0.1) is 13.0 Å². The zero-order valence-electron chi connectivity index (χ0n) is 12.7. The molecule has 1 aliphatic heterocycles. The maximum absolute atomic E-state index is 12.2. The molecule has 114 valence electrons. The van der Waals surface area contributed by atoms with Crippen LogP contribution in [0.25, 0.3) is 0 Å². The quantitative estimate of drug-likeness (QED) is 0.903. The van der Waals surface area contributed by atoms with Gasteiger partial charge < -0.3 is 10.1 Å². The second kappa shape index (κ2) is 6.48. The molecule has 1 aliphatic carbocycles. The van der Waals surface area contributed by atoms with Crippen LogP contribution in [0, 0.1) is 5.92 Å². The number of nitrogens with one attached hydrogen (secondary N) is 1. The highest BCUT2D eigenvalue weighted by Crippen LogP contribution is 2.23. The number of carbonyl (C=O) groups is 1. The van der Waals surface area contributed by atoms with E-state index in [1.165, 1.54) is 5.56 Å². The molecular weight excluding hydrogens is 264 g/mol. The first-order valence-corrected chi connectivity index (χ1v) is 7.90. The highest BCUT2D eigenvalue weighted by molar-refractivity contribution is 5.79. The number of carbonyl (C=O) groups excluding carboxylic acids is 1. The van der Waals surface area contributed by atoms with E-state index < -0.39 is 0 Å². The van der Waals surface area contributed by atoms with Gasteiger partial charge in [0.2, 0.25) is 5.91 Å². The number of piperidine rings is 1. The summed E-state index contributed by atoms with van der Waals surface area (Å²) in [4.78, 5) is 14.6. The largest absolute Gasteiger partial charge is 0.497 e. The minimum absolute atomic E-state index is 0.157. The van der Waals surface area contributed by atoms with Crippen LogP contribution in [0.5, 0.6) is 5.75 Å². The third-order valence-electron chi connectivity index (χ3n) is 4.34. The number of methoxy groups -OCH3 is 1. The maximum Gasteiger partial charge on any atom is 0.224 e. The van der Waals surface area contributed by atoms with Crippen molar-refractivity contribution in [2.45, 2.75) is 38.3 Å². The monoisotopic (exact) mass is 288 g/mol. The molecule has 0 radical (unpaired) electrons. The van der Waals surface area contributed by atoms with Crippen LogP contribution in [0.3, 0.4) is 0 Å². The Kier molecular flexibility index (Phi) is 4.44. The molecule has 1 N–H and O–H groups in total. The third kappa shape index (κ3) is 3.97. The highest BCUT2D eigenvalue weighted by atomic mass is 16.5. The normalized spacial score (nSPS) is 22.8. The molecule has 1 amide bonds. The number of benzene rings is 1. The fraction of sp³-hybridized carbons (Fsp3) is 0.588. The molecule has 2 fully saturated rings. The molecule has 1 unspecified atom stereocenters. The molecule has 1 aromatic rings. The standard InChI is InChI=1S/C17H24N2O2/c1-21-16-6-2-4-13(10-16)11-19-9-3-5-14(12-19)17(20)18-15-7-8-15/h2,4,6,10,14-15H,3,5,7-9,11-12H2,1H3,(H,18,20). The van der Waals surface area contributed by atoms with E-state index in [0.29, 0.717) is 6.04 Å². The molecule has 1 heterocycles. The summed E-state index contributed by atoms with van der Waals surface area (Å²) in [5.74, 6) is 1.31. The van der Waals surface area contributed by atoms with Gasteiger partial charge in [-0.2, -0.15) is 0 Å². The van der Waals surface area contributed by atoms with Gasteiger partial charge in [-0.05, 0) is 49.9 Å². The van der Waals surface area contributed by atoms with Crippen molar-refractivity contribution in [3.05, 3.63) is 29.8 Å². The third-order valence-corrected chi connectivity index (χ3v) is 4.34. The molecule has 1 saturated carbocycles. The molecule has 21 heavy (non-hydrogen) atoms. The van der Waals surface area contributed by atoms with Crippen LogP contribution in [-0.2, 0) is 11.3 Å². The van der Waals surface area contributed by atoms with Gasteiger partial charge in [-0.3, -0.25) is 9.69 Å². The zero-order valence-corrected chi connectivity index (χ0v) is 12.7. The van der Waals surface area contributed by atoms with Gasteiger partial charge in [-0.15, -0.1) is 0 Å². The molecule has 0 spiro atoms.